The van der Waals surface area contributed by atoms with Crippen LogP contribution in [0.4, 0.5) is 8.78 Å². The molecule has 1 aliphatic rings. The first-order valence-electron chi connectivity index (χ1n) is 6.42. The van der Waals surface area contributed by atoms with Crippen molar-refractivity contribution in [3.05, 3.63) is 51.8 Å². The van der Waals surface area contributed by atoms with Crippen molar-refractivity contribution in [3.8, 4) is 0 Å². The summed E-state index contributed by atoms with van der Waals surface area (Å²) in [5, 5.41) is 8.69. The summed E-state index contributed by atoms with van der Waals surface area (Å²) in [6, 6.07) is 2.01. The van der Waals surface area contributed by atoms with Gasteiger partial charge in [-0.15, -0.1) is 0 Å². The molecule has 3 rings (SSSR count). The quantitative estimate of drug-likeness (QED) is 0.885. The van der Waals surface area contributed by atoms with Gasteiger partial charge in [0.25, 0.3) is 0 Å². The Kier molecular flexibility index (Phi) is 3.08. The van der Waals surface area contributed by atoms with Gasteiger partial charge in [0.15, 0.2) is 17.1 Å². The summed E-state index contributed by atoms with van der Waals surface area (Å²) in [6.45, 7) is 0. The van der Waals surface area contributed by atoms with E-state index in [2.05, 4.69) is 0 Å². The van der Waals surface area contributed by atoms with E-state index in [1.54, 1.807) is 4.57 Å². The number of carboxylic acid groups (broad SMARTS) is 1. The van der Waals surface area contributed by atoms with E-state index in [1.807, 2.05) is 0 Å². The number of rotatable bonds is 3. The minimum Gasteiger partial charge on any atom is -0.478 e. The Morgan fingerprint density at radius 1 is 1.29 bits per heavy atom. The first kappa shape index (κ1) is 13.5. The lowest BCUT2D eigenvalue weighted by molar-refractivity contribution is -0.131. The molecule has 0 atom stereocenters. The zero-order valence-electron chi connectivity index (χ0n) is 10.8. The Bertz CT molecular complexity index is 835. The number of aliphatic carboxylic acids is 1. The van der Waals surface area contributed by atoms with Crippen LogP contribution in [0.25, 0.3) is 17.0 Å². The molecule has 2 aromatic rings. The van der Waals surface area contributed by atoms with E-state index in [0.717, 1.165) is 31.1 Å². The average molecular weight is 291 g/mol. The van der Waals surface area contributed by atoms with Gasteiger partial charge in [-0.05, 0) is 25.0 Å². The SMILES string of the molecule is O=C(O)/C=C\c1cn(C2CC2)c2cc(F)c(F)cc2c1=O. The Hall–Kier alpha value is -2.50. The molecule has 0 unspecified atom stereocenters. The topological polar surface area (TPSA) is 59.3 Å². The molecule has 0 bridgehead atoms. The summed E-state index contributed by atoms with van der Waals surface area (Å²) in [6.07, 6.45) is 5.29. The summed E-state index contributed by atoms with van der Waals surface area (Å²) >= 11 is 0. The molecule has 0 spiro atoms. The highest BCUT2D eigenvalue weighted by Gasteiger charge is 2.25. The van der Waals surface area contributed by atoms with Gasteiger partial charge in [-0.2, -0.15) is 0 Å². The predicted octanol–water partition coefficient (Wildman–Crippen LogP) is 2.71. The van der Waals surface area contributed by atoms with Crippen molar-refractivity contribution in [1.82, 2.24) is 4.57 Å². The Labute approximate surface area is 117 Å². The van der Waals surface area contributed by atoms with Gasteiger partial charge in [-0.25, -0.2) is 13.6 Å². The number of carbonyl (C=O) groups is 1. The van der Waals surface area contributed by atoms with E-state index < -0.39 is 23.0 Å². The van der Waals surface area contributed by atoms with E-state index in [4.69, 9.17) is 5.11 Å². The smallest absolute Gasteiger partial charge is 0.328 e. The number of pyridine rings is 1. The van der Waals surface area contributed by atoms with Crippen LogP contribution in [0.1, 0.15) is 24.4 Å². The largest absolute Gasteiger partial charge is 0.478 e. The third-order valence-corrected chi connectivity index (χ3v) is 3.45. The van der Waals surface area contributed by atoms with E-state index in [9.17, 15) is 18.4 Å². The second kappa shape index (κ2) is 4.80. The van der Waals surface area contributed by atoms with Crippen molar-refractivity contribution in [1.29, 1.82) is 0 Å². The van der Waals surface area contributed by atoms with E-state index in [1.165, 1.54) is 12.3 Å². The molecule has 108 valence electrons. The molecule has 6 heteroatoms. The average Bonchev–Trinajstić information content (AvgIpc) is 3.25. The Morgan fingerprint density at radius 2 is 1.95 bits per heavy atom. The van der Waals surface area contributed by atoms with Crippen LogP contribution in [-0.4, -0.2) is 15.6 Å². The fourth-order valence-corrected chi connectivity index (χ4v) is 2.30. The van der Waals surface area contributed by atoms with Gasteiger partial charge >= 0.3 is 5.97 Å². The lowest BCUT2D eigenvalue weighted by Gasteiger charge is -2.11. The monoisotopic (exact) mass is 291 g/mol. The third-order valence-electron chi connectivity index (χ3n) is 3.45. The molecule has 1 saturated carbocycles. The highest BCUT2D eigenvalue weighted by atomic mass is 19.2. The molecule has 1 aromatic heterocycles. The van der Waals surface area contributed by atoms with Crippen molar-refractivity contribution >= 4 is 22.9 Å². The van der Waals surface area contributed by atoms with Crippen molar-refractivity contribution < 1.29 is 18.7 Å². The highest BCUT2D eigenvalue weighted by Crippen LogP contribution is 2.37. The van der Waals surface area contributed by atoms with E-state index in [-0.39, 0.29) is 17.0 Å². The minimum absolute atomic E-state index is 0.0494. The molecule has 21 heavy (non-hydrogen) atoms. The normalized spacial score (nSPS) is 15.0. The predicted molar refractivity (Wildman–Crippen MR) is 73.1 cm³/mol. The van der Waals surface area contributed by atoms with Gasteiger partial charge in [-0.1, -0.05) is 0 Å². The van der Waals surface area contributed by atoms with Crippen molar-refractivity contribution in [2.75, 3.05) is 0 Å². The number of hydrogen-bond donors (Lipinski definition) is 1. The lowest BCUT2D eigenvalue weighted by Crippen LogP contribution is -2.13. The number of nitrogens with zero attached hydrogens (tertiary/aromatic N) is 1. The Morgan fingerprint density at radius 3 is 2.57 bits per heavy atom. The molecule has 0 aliphatic heterocycles. The molecular weight excluding hydrogens is 280 g/mol. The van der Waals surface area contributed by atoms with Crippen molar-refractivity contribution in [3.63, 3.8) is 0 Å². The first-order valence-corrected chi connectivity index (χ1v) is 6.42. The number of fused-ring (bicyclic) bond motifs is 1. The van der Waals surface area contributed by atoms with Gasteiger partial charge in [0.05, 0.1) is 5.52 Å². The van der Waals surface area contributed by atoms with E-state index >= 15 is 0 Å². The molecule has 1 N–H and O–H groups in total. The maximum atomic E-state index is 13.4. The van der Waals surface area contributed by atoms with Crippen molar-refractivity contribution in [2.24, 2.45) is 0 Å². The maximum Gasteiger partial charge on any atom is 0.328 e. The van der Waals surface area contributed by atoms with Crippen LogP contribution < -0.4 is 5.43 Å². The summed E-state index contributed by atoms with van der Waals surface area (Å²) < 4.78 is 28.5. The Balaban J connectivity index is 2.31. The van der Waals surface area contributed by atoms with Crippen LogP contribution in [0, 0.1) is 11.6 Å². The fraction of sp³-hybridized carbons (Fsp3) is 0.200. The summed E-state index contributed by atoms with van der Waals surface area (Å²) in [5.41, 5.74) is -0.0463. The molecular formula is C15H11F2NO3. The second-order valence-corrected chi connectivity index (χ2v) is 5.01. The number of hydrogen-bond acceptors (Lipinski definition) is 2. The van der Waals surface area contributed by atoms with Gasteiger partial charge in [0, 0.05) is 35.3 Å². The van der Waals surface area contributed by atoms with Gasteiger partial charge in [0.2, 0.25) is 0 Å². The molecule has 4 nitrogen and oxygen atoms in total. The second-order valence-electron chi connectivity index (χ2n) is 5.01. The molecule has 0 saturated heterocycles. The van der Waals surface area contributed by atoms with Gasteiger partial charge in [0.1, 0.15) is 0 Å². The van der Waals surface area contributed by atoms with Crippen molar-refractivity contribution in [2.45, 2.75) is 18.9 Å². The lowest BCUT2D eigenvalue weighted by atomic mass is 10.1. The van der Waals surface area contributed by atoms with Gasteiger partial charge < -0.3 is 9.67 Å². The molecule has 1 heterocycles. The summed E-state index contributed by atoms with van der Waals surface area (Å²) in [4.78, 5) is 22.8. The van der Waals surface area contributed by atoms with E-state index in [0.29, 0.717) is 5.52 Å². The standard InChI is InChI=1S/C15H11F2NO3/c16-11-5-10-13(6-12(11)17)18(9-2-3-9)7-8(15(10)21)1-4-14(19)20/h1,4-7,9H,2-3H2,(H,19,20)/b4-1-. The van der Waals surface area contributed by atoms with Crippen LogP contribution in [0.3, 0.4) is 0 Å². The number of halogens is 2. The zero-order valence-corrected chi connectivity index (χ0v) is 10.8. The first-order chi connectivity index (χ1) is 9.97. The van der Waals surface area contributed by atoms with Crippen LogP contribution in [0.15, 0.2) is 29.2 Å². The summed E-state index contributed by atoms with van der Waals surface area (Å²) in [7, 11) is 0. The van der Waals surface area contributed by atoms with Crippen LogP contribution in [0.5, 0.6) is 0 Å². The molecule has 1 fully saturated rings. The fourth-order valence-electron chi connectivity index (χ4n) is 2.30. The number of benzene rings is 1. The third kappa shape index (κ3) is 2.44. The van der Waals surface area contributed by atoms with Gasteiger partial charge in [-0.3, -0.25) is 4.79 Å². The maximum absolute atomic E-state index is 13.4. The molecule has 0 radical (unpaired) electrons. The minimum atomic E-state index is -1.18. The molecule has 1 aliphatic carbocycles. The number of carboxylic acids is 1. The summed E-state index contributed by atoms with van der Waals surface area (Å²) in [5.74, 6) is -3.29. The van der Waals surface area contributed by atoms with Crippen LogP contribution in [-0.2, 0) is 4.79 Å². The van der Waals surface area contributed by atoms with Crippen LogP contribution in [0.2, 0.25) is 0 Å². The molecule has 1 aromatic carbocycles. The zero-order chi connectivity index (χ0) is 15.1. The highest BCUT2D eigenvalue weighted by molar-refractivity contribution is 5.87. The molecule has 0 amide bonds. The van der Waals surface area contributed by atoms with Crippen LogP contribution >= 0.6 is 0 Å². The number of aromatic nitrogens is 1.